The molecule has 0 spiro atoms. The van der Waals surface area contributed by atoms with E-state index >= 15 is 0 Å². The van der Waals surface area contributed by atoms with E-state index in [-0.39, 0.29) is 0 Å². The summed E-state index contributed by atoms with van der Waals surface area (Å²) in [5.74, 6) is 0. The predicted octanol–water partition coefficient (Wildman–Crippen LogP) is 4.39. The molecule has 0 aliphatic rings. The van der Waals surface area contributed by atoms with Crippen molar-refractivity contribution < 1.29 is 0 Å². The summed E-state index contributed by atoms with van der Waals surface area (Å²) in [6.45, 7) is 4.12. The maximum atomic E-state index is 5.98. The molecule has 88 valence electrons. The molecule has 0 aliphatic carbocycles. The number of halogens is 1. The Hall–Kier alpha value is -1.48. The highest BCUT2D eigenvalue weighted by Crippen LogP contribution is 2.29. The molecule has 0 aromatic heterocycles. The second kappa shape index (κ2) is 4.80. The minimum absolute atomic E-state index is 0.768. The van der Waals surface area contributed by atoms with Gasteiger partial charge in [0, 0.05) is 10.2 Å². The number of nitrogen functional groups attached to an aromatic ring is 1. The van der Waals surface area contributed by atoms with Crippen molar-refractivity contribution in [2.24, 2.45) is 0 Å². The first-order chi connectivity index (χ1) is 8.08. The molecule has 0 atom stereocenters. The van der Waals surface area contributed by atoms with Gasteiger partial charge in [-0.05, 0) is 43.2 Å². The molecule has 0 unspecified atom stereocenters. The normalized spacial score (nSPS) is 10.3. The molecular weight excluding hydrogens is 276 g/mol. The lowest BCUT2D eigenvalue weighted by Crippen LogP contribution is -1.99. The van der Waals surface area contributed by atoms with Crippen molar-refractivity contribution in [3.8, 4) is 0 Å². The molecular formula is C14H15BrN2. The molecule has 0 bridgehead atoms. The molecule has 0 aliphatic heterocycles. The predicted molar refractivity (Wildman–Crippen MR) is 77.8 cm³/mol. The van der Waals surface area contributed by atoms with E-state index in [0.29, 0.717) is 0 Å². The number of anilines is 3. The van der Waals surface area contributed by atoms with Crippen LogP contribution >= 0.6 is 15.9 Å². The summed E-state index contributed by atoms with van der Waals surface area (Å²) in [5.41, 5.74) is 11.1. The minimum atomic E-state index is 0.768. The highest BCUT2D eigenvalue weighted by Gasteiger charge is 2.05. The highest BCUT2D eigenvalue weighted by atomic mass is 79.9. The molecule has 2 aromatic rings. The van der Waals surface area contributed by atoms with E-state index in [2.05, 4.69) is 40.3 Å². The summed E-state index contributed by atoms with van der Waals surface area (Å²) in [6, 6.07) is 12.1. The fourth-order valence-corrected chi connectivity index (χ4v) is 2.09. The summed E-state index contributed by atoms with van der Waals surface area (Å²) in [7, 11) is 0. The molecule has 17 heavy (non-hydrogen) atoms. The van der Waals surface area contributed by atoms with Gasteiger partial charge in [-0.2, -0.15) is 0 Å². The second-order valence-electron chi connectivity index (χ2n) is 4.12. The first-order valence-corrected chi connectivity index (χ1v) is 6.25. The average molecular weight is 291 g/mol. The summed E-state index contributed by atoms with van der Waals surface area (Å²) in [5, 5.41) is 3.39. The smallest absolute Gasteiger partial charge is 0.0647 e. The van der Waals surface area contributed by atoms with Crippen LogP contribution in [0.1, 0.15) is 11.1 Å². The number of nitrogens with two attached hydrogens (primary N) is 1. The molecule has 0 saturated heterocycles. The van der Waals surface area contributed by atoms with E-state index in [1.54, 1.807) is 0 Å². The lowest BCUT2D eigenvalue weighted by Gasteiger charge is -2.14. The van der Waals surface area contributed by atoms with Crippen LogP contribution in [0.5, 0.6) is 0 Å². The molecule has 0 heterocycles. The van der Waals surface area contributed by atoms with Gasteiger partial charge in [0.25, 0.3) is 0 Å². The quantitative estimate of drug-likeness (QED) is 0.805. The van der Waals surface area contributed by atoms with Gasteiger partial charge in [-0.3, -0.25) is 0 Å². The van der Waals surface area contributed by atoms with Gasteiger partial charge in [0.05, 0.1) is 11.4 Å². The second-order valence-corrected chi connectivity index (χ2v) is 5.04. The lowest BCUT2D eigenvalue weighted by atomic mass is 10.1. The molecule has 2 aromatic carbocycles. The number of nitrogens with one attached hydrogen (secondary N) is 1. The Labute approximate surface area is 110 Å². The van der Waals surface area contributed by atoms with Crippen molar-refractivity contribution in [3.63, 3.8) is 0 Å². The zero-order chi connectivity index (χ0) is 12.4. The molecule has 0 fully saturated rings. The third-order valence-corrected chi connectivity index (χ3v) is 3.26. The maximum absolute atomic E-state index is 5.98. The number of para-hydroxylation sites is 1. The molecule has 3 heteroatoms. The largest absolute Gasteiger partial charge is 0.397 e. The first-order valence-electron chi connectivity index (χ1n) is 5.46. The standard InChI is InChI=1S/C14H15BrN2/c1-9-6-7-11(15)8-13(9)17-14-10(2)4-3-5-12(14)16/h3-8,17H,16H2,1-2H3. The maximum Gasteiger partial charge on any atom is 0.0647 e. The number of hydrogen-bond acceptors (Lipinski definition) is 2. The Morgan fingerprint density at radius 3 is 2.53 bits per heavy atom. The number of benzene rings is 2. The van der Waals surface area contributed by atoms with Gasteiger partial charge in [0.15, 0.2) is 0 Å². The lowest BCUT2D eigenvalue weighted by molar-refractivity contribution is 1.39. The van der Waals surface area contributed by atoms with Crippen molar-refractivity contribution in [1.29, 1.82) is 0 Å². The van der Waals surface area contributed by atoms with E-state index in [4.69, 9.17) is 5.73 Å². The number of rotatable bonds is 2. The summed E-state index contributed by atoms with van der Waals surface area (Å²) in [4.78, 5) is 0. The van der Waals surface area contributed by atoms with Gasteiger partial charge >= 0.3 is 0 Å². The van der Waals surface area contributed by atoms with Crippen LogP contribution in [0.4, 0.5) is 17.1 Å². The van der Waals surface area contributed by atoms with Crippen molar-refractivity contribution in [3.05, 3.63) is 52.0 Å². The Morgan fingerprint density at radius 1 is 1.06 bits per heavy atom. The van der Waals surface area contributed by atoms with Crippen molar-refractivity contribution in [2.75, 3.05) is 11.1 Å². The van der Waals surface area contributed by atoms with E-state index in [9.17, 15) is 0 Å². The Balaban J connectivity index is 2.41. The van der Waals surface area contributed by atoms with Crippen LogP contribution in [0.15, 0.2) is 40.9 Å². The van der Waals surface area contributed by atoms with Crippen LogP contribution in [0.25, 0.3) is 0 Å². The SMILES string of the molecule is Cc1ccc(Br)cc1Nc1c(C)cccc1N. The third kappa shape index (κ3) is 2.61. The average Bonchev–Trinajstić information content (AvgIpc) is 2.28. The van der Waals surface area contributed by atoms with Crippen LogP contribution in [0, 0.1) is 13.8 Å². The fourth-order valence-electron chi connectivity index (χ4n) is 1.72. The van der Waals surface area contributed by atoms with E-state index in [0.717, 1.165) is 27.1 Å². The van der Waals surface area contributed by atoms with Gasteiger partial charge in [-0.25, -0.2) is 0 Å². The molecule has 2 rings (SSSR count). The first kappa shape index (κ1) is 12.0. The van der Waals surface area contributed by atoms with Gasteiger partial charge in [-0.1, -0.05) is 34.1 Å². The summed E-state index contributed by atoms with van der Waals surface area (Å²) in [6.07, 6.45) is 0. The Bertz CT molecular complexity index is 530. The van der Waals surface area contributed by atoms with Crippen molar-refractivity contribution in [1.82, 2.24) is 0 Å². The van der Waals surface area contributed by atoms with Gasteiger partial charge in [0.1, 0.15) is 0 Å². The number of hydrogen-bond donors (Lipinski definition) is 2. The molecule has 0 amide bonds. The Morgan fingerprint density at radius 2 is 1.82 bits per heavy atom. The zero-order valence-corrected chi connectivity index (χ0v) is 11.5. The van der Waals surface area contributed by atoms with E-state index < -0.39 is 0 Å². The fraction of sp³-hybridized carbons (Fsp3) is 0.143. The summed E-state index contributed by atoms with van der Waals surface area (Å²) >= 11 is 3.48. The van der Waals surface area contributed by atoms with Crippen molar-refractivity contribution in [2.45, 2.75) is 13.8 Å². The van der Waals surface area contributed by atoms with E-state index in [1.165, 1.54) is 5.56 Å². The summed E-state index contributed by atoms with van der Waals surface area (Å²) < 4.78 is 1.05. The monoisotopic (exact) mass is 290 g/mol. The molecule has 0 saturated carbocycles. The van der Waals surface area contributed by atoms with Crippen LogP contribution in [-0.4, -0.2) is 0 Å². The van der Waals surface area contributed by atoms with Crippen LogP contribution in [-0.2, 0) is 0 Å². The van der Waals surface area contributed by atoms with E-state index in [1.807, 2.05) is 31.2 Å². The van der Waals surface area contributed by atoms with Crippen molar-refractivity contribution >= 4 is 33.0 Å². The van der Waals surface area contributed by atoms with Gasteiger partial charge in [0.2, 0.25) is 0 Å². The Kier molecular flexibility index (Phi) is 3.38. The van der Waals surface area contributed by atoms with Crippen LogP contribution < -0.4 is 11.1 Å². The molecule has 3 N–H and O–H groups in total. The van der Waals surface area contributed by atoms with Crippen LogP contribution in [0.2, 0.25) is 0 Å². The molecule has 0 radical (unpaired) electrons. The van der Waals surface area contributed by atoms with Crippen LogP contribution in [0.3, 0.4) is 0 Å². The van der Waals surface area contributed by atoms with Gasteiger partial charge < -0.3 is 11.1 Å². The highest BCUT2D eigenvalue weighted by molar-refractivity contribution is 9.10. The third-order valence-electron chi connectivity index (χ3n) is 2.76. The topological polar surface area (TPSA) is 38.0 Å². The minimum Gasteiger partial charge on any atom is -0.397 e. The number of aryl methyl sites for hydroxylation is 2. The zero-order valence-electron chi connectivity index (χ0n) is 9.92. The molecule has 2 nitrogen and oxygen atoms in total. The van der Waals surface area contributed by atoms with Gasteiger partial charge in [-0.15, -0.1) is 0 Å².